The van der Waals surface area contributed by atoms with Crippen molar-refractivity contribution in [3.63, 3.8) is 0 Å². The molecule has 1 aliphatic carbocycles. The zero-order chi connectivity index (χ0) is 25.5. The second-order valence-electron chi connectivity index (χ2n) is 8.89. The Morgan fingerprint density at radius 1 is 0.861 bits per heavy atom. The summed E-state index contributed by atoms with van der Waals surface area (Å²) in [4.78, 5) is 30.1. The standard InChI is InChI=1S/C28H26Cl2FN3O2/c29-21-10-8-20(9-11-21)27(36)34-28(33-25-16-22(30)15-23(31)17-25)32-24-12-6-18(7-13-24)14-26(35)19-4-2-1-3-5-19/h1-5,8-11,15-18,24H,6-7,12-14H2,(H2,32,33,34,36). The van der Waals surface area contributed by atoms with Crippen molar-refractivity contribution in [1.29, 1.82) is 0 Å². The molecule has 0 spiro atoms. The number of halogens is 3. The molecular formula is C28H26Cl2FN3O2. The van der Waals surface area contributed by atoms with Gasteiger partial charge in [-0.1, -0.05) is 53.5 Å². The first-order chi connectivity index (χ1) is 17.4. The average Bonchev–Trinajstić information content (AvgIpc) is 2.85. The first kappa shape index (κ1) is 25.9. The number of benzene rings is 3. The van der Waals surface area contributed by atoms with E-state index < -0.39 is 5.82 Å². The van der Waals surface area contributed by atoms with Gasteiger partial charge < -0.3 is 5.32 Å². The maximum atomic E-state index is 13.9. The summed E-state index contributed by atoms with van der Waals surface area (Å²) in [6.45, 7) is 0. The fraction of sp³-hybridized carbons (Fsp3) is 0.250. The molecule has 1 amide bonds. The van der Waals surface area contributed by atoms with Crippen molar-refractivity contribution in [3.8, 4) is 0 Å². The van der Waals surface area contributed by atoms with Gasteiger partial charge in [0.15, 0.2) is 5.78 Å². The monoisotopic (exact) mass is 525 g/mol. The summed E-state index contributed by atoms with van der Waals surface area (Å²) in [5.41, 5.74) is 1.52. The Hall–Kier alpha value is -3.22. The molecule has 4 rings (SSSR count). The third kappa shape index (κ3) is 7.39. The number of hydrogen-bond acceptors (Lipinski definition) is 3. The molecule has 1 fully saturated rings. The van der Waals surface area contributed by atoms with Crippen molar-refractivity contribution in [1.82, 2.24) is 5.32 Å². The van der Waals surface area contributed by atoms with Gasteiger partial charge in [0.1, 0.15) is 5.82 Å². The van der Waals surface area contributed by atoms with Gasteiger partial charge in [0.25, 0.3) is 5.91 Å². The van der Waals surface area contributed by atoms with Crippen LogP contribution in [0, 0.1) is 11.7 Å². The SMILES string of the molecule is O=C(CC1CCC(N=C(NC(=O)c2ccc(Cl)cc2)Nc2cc(F)cc(Cl)c2)CC1)c1ccccc1. The van der Waals surface area contributed by atoms with Crippen LogP contribution in [0.5, 0.6) is 0 Å². The lowest BCUT2D eigenvalue weighted by Gasteiger charge is -2.26. The van der Waals surface area contributed by atoms with Gasteiger partial charge in [-0.2, -0.15) is 0 Å². The number of carbonyl (C=O) groups is 2. The average molecular weight is 526 g/mol. The normalized spacial score (nSPS) is 17.9. The minimum absolute atomic E-state index is 0.0508. The number of ketones is 1. The number of aliphatic imine (C=N–C) groups is 1. The summed E-state index contributed by atoms with van der Waals surface area (Å²) in [6.07, 6.45) is 3.78. The highest BCUT2D eigenvalue weighted by atomic mass is 35.5. The minimum Gasteiger partial charge on any atom is -0.326 e. The summed E-state index contributed by atoms with van der Waals surface area (Å²) in [5, 5.41) is 6.54. The van der Waals surface area contributed by atoms with Crippen molar-refractivity contribution >= 4 is 46.5 Å². The highest BCUT2D eigenvalue weighted by Crippen LogP contribution is 2.30. The van der Waals surface area contributed by atoms with Crippen LogP contribution in [0.2, 0.25) is 10.0 Å². The van der Waals surface area contributed by atoms with E-state index in [0.29, 0.717) is 28.6 Å². The molecular weight excluding hydrogens is 500 g/mol. The topological polar surface area (TPSA) is 70.6 Å². The Kier molecular flexibility index (Phi) is 8.73. The molecule has 0 saturated heterocycles. The van der Waals surface area contributed by atoms with Gasteiger partial charge in [0.05, 0.1) is 6.04 Å². The lowest BCUT2D eigenvalue weighted by Crippen LogP contribution is -2.37. The van der Waals surface area contributed by atoms with Gasteiger partial charge in [-0.3, -0.25) is 14.9 Å². The van der Waals surface area contributed by atoms with Gasteiger partial charge in [0, 0.05) is 33.3 Å². The summed E-state index contributed by atoms with van der Waals surface area (Å²) >= 11 is 11.9. The van der Waals surface area contributed by atoms with Crippen LogP contribution in [-0.4, -0.2) is 23.7 Å². The molecule has 2 N–H and O–H groups in total. The predicted molar refractivity (Wildman–Crippen MR) is 143 cm³/mol. The second kappa shape index (κ2) is 12.2. The molecule has 5 nitrogen and oxygen atoms in total. The molecule has 186 valence electrons. The minimum atomic E-state index is -0.503. The Morgan fingerprint density at radius 3 is 2.22 bits per heavy atom. The number of carbonyl (C=O) groups excluding carboxylic acids is 2. The maximum Gasteiger partial charge on any atom is 0.257 e. The smallest absolute Gasteiger partial charge is 0.257 e. The lowest BCUT2D eigenvalue weighted by molar-refractivity contribution is 0.0944. The third-order valence-electron chi connectivity index (χ3n) is 6.16. The number of amides is 1. The number of hydrogen-bond donors (Lipinski definition) is 2. The van der Waals surface area contributed by atoms with Crippen molar-refractivity contribution < 1.29 is 14.0 Å². The molecule has 0 atom stereocenters. The highest BCUT2D eigenvalue weighted by Gasteiger charge is 2.24. The molecule has 0 unspecified atom stereocenters. The summed E-state index contributed by atoms with van der Waals surface area (Å²) < 4.78 is 13.9. The molecule has 0 radical (unpaired) electrons. The molecule has 3 aromatic rings. The first-order valence-corrected chi connectivity index (χ1v) is 12.6. The number of Topliss-reactive ketones (excluding diaryl/α,β-unsaturated/α-hetero) is 1. The van der Waals surface area contributed by atoms with Crippen LogP contribution in [0.25, 0.3) is 0 Å². The van der Waals surface area contributed by atoms with Gasteiger partial charge in [-0.25, -0.2) is 9.38 Å². The van der Waals surface area contributed by atoms with E-state index >= 15 is 0 Å². The van der Waals surface area contributed by atoms with Crippen LogP contribution in [0.15, 0.2) is 77.8 Å². The quantitative estimate of drug-likeness (QED) is 0.203. The van der Waals surface area contributed by atoms with E-state index in [1.807, 2.05) is 30.3 Å². The van der Waals surface area contributed by atoms with Crippen LogP contribution in [0.3, 0.4) is 0 Å². The lowest BCUT2D eigenvalue weighted by atomic mass is 9.82. The van der Waals surface area contributed by atoms with E-state index in [1.165, 1.54) is 12.1 Å². The highest BCUT2D eigenvalue weighted by molar-refractivity contribution is 6.31. The molecule has 1 saturated carbocycles. The molecule has 8 heteroatoms. The molecule has 1 aliphatic rings. The van der Waals surface area contributed by atoms with Crippen molar-refractivity contribution in [3.05, 3.63) is 99.8 Å². The van der Waals surface area contributed by atoms with Crippen molar-refractivity contribution in [2.45, 2.75) is 38.1 Å². The van der Waals surface area contributed by atoms with E-state index in [-0.39, 0.29) is 28.7 Å². The van der Waals surface area contributed by atoms with E-state index in [4.69, 9.17) is 28.2 Å². The first-order valence-electron chi connectivity index (χ1n) is 11.8. The number of guanidine groups is 1. The van der Waals surface area contributed by atoms with E-state index in [9.17, 15) is 14.0 Å². The third-order valence-corrected chi connectivity index (χ3v) is 6.63. The van der Waals surface area contributed by atoms with Crippen LogP contribution in [0.4, 0.5) is 10.1 Å². The van der Waals surface area contributed by atoms with Crippen LogP contribution in [0.1, 0.15) is 52.8 Å². The van der Waals surface area contributed by atoms with Crippen LogP contribution in [-0.2, 0) is 0 Å². The van der Waals surface area contributed by atoms with Crippen LogP contribution >= 0.6 is 23.2 Å². The largest absolute Gasteiger partial charge is 0.326 e. The zero-order valence-electron chi connectivity index (χ0n) is 19.5. The van der Waals surface area contributed by atoms with Gasteiger partial charge in [0.2, 0.25) is 5.96 Å². The van der Waals surface area contributed by atoms with Gasteiger partial charge in [-0.15, -0.1) is 0 Å². The van der Waals surface area contributed by atoms with E-state index in [0.717, 1.165) is 31.2 Å². The van der Waals surface area contributed by atoms with Crippen molar-refractivity contribution in [2.24, 2.45) is 10.9 Å². The Bertz CT molecular complexity index is 1220. The van der Waals surface area contributed by atoms with Crippen LogP contribution < -0.4 is 10.6 Å². The number of nitrogens with one attached hydrogen (secondary N) is 2. The summed E-state index contributed by atoms with van der Waals surface area (Å²) in [7, 11) is 0. The second-order valence-corrected chi connectivity index (χ2v) is 9.76. The number of anilines is 1. The Labute approximate surface area is 219 Å². The fourth-order valence-electron chi connectivity index (χ4n) is 4.30. The Morgan fingerprint density at radius 2 is 1.56 bits per heavy atom. The van der Waals surface area contributed by atoms with Gasteiger partial charge >= 0.3 is 0 Å². The zero-order valence-corrected chi connectivity index (χ0v) is 21.0. The van der Waals surface area contributed by atoms with E-state index in [2.05, 4.69) is 10.6 Å². The fourth-order valence-corrected chi connectivity index (χ4v) is 4.65. The molecule has 36 heavy (non-hydrogen) atoms. The molecule has 0 aromatic heterocycles. The maximum absolute atomic E-state index is 13.9. The predicted octanol–water partition coefficient (Wildman–Crippen LogP) is 7.16. The summed E-state index contributed by atoms with van der Waals surface area (Å²) in [5.74, 6) is -0.214. The Balaban J connectivity index is 1.44. The molecule has 0 bridgehead atoms. The van der Waals surface area contributed by atoms with E-state index in [1.54, 1.807) is 30.3 Å². The van der Waals surface area contributed by atoms with Gasteiger partial charge in [-0.05, 0) is 74.1 Å². The summed E-state index contributed by atoms with van der Waals surface area (Å²) in [6, 6.07) is 19.8. The molecule has 0 aliphatic heterocycles. The van der Waals surface area contributed by atoms with Crippen molar-refractivity contribution in [2.75, 3.05) is 5.32 Å². The number of rotatable bonds is 6. The molecule has 0 heterocycles. The number of nitrogens with zero attached hydrogens (tertiary/aromatic N) is 1. The molecule has 3 aromatic carbocycles.